The molecule has 0 fully saturated rings. The molecule has 0 bridgehead atoms. The molecule has 17 heavy (non-hydrogen) atoms. The van der Waals surface area contributed by atoms with Crippen molar-refractivity contribution in [3.05, 3.63) is 11.1 Å². The molecule has 1 aromatic rings. The smallest absolute Gasteiger partial charge is 0.187 e. The molecule has 0 aliphatic heterocycles. The van der Waals surface area contributed by atoms with Gasteiger partial charge in [0.2, 0.25) is 0 Å². The van der Waals surface area contributed by atoms with Gasteiger partial charge in [-0.1, -0.05) is 27.7 Å². The van der Waals surface area contributed by atoms with Crippen molar-refractivity contribution < 1.29 is 8.42 Å². The number of hydrogen-bond donors (Lipinski definition) is 1. The van der Waals surface area contributed by atoms with Crippen molar-refractivity contribution in [3.8, 4) is 6.07 Å². The van der Waals surface area contributed by atoms with Gasteiger partial charge in [0, 0.05) is 5.56 Å². The lowest BCUT2D eigenvalue weighted by Crippen LogP contribution is -2.17. The zero-order chi connectivity index (χ0) is 13.4. The second kappa shape index (κ2) is 4.31. The lowest BCUT2D eigenvalue weighted by molar-refractivity contribution is 0.567. The van der Waals surface area contributed by atoms with Gasteiger partial charge < -0.3 is 5.73 Å². The molecule has 0 aliphatic carbocycles. The highest BCUT2D eigenvalue weighted by Gasteiger charge is 2.32. The number of hydrogen-bond acceptors (Lipinski definition) is 5. The summed E-state index contributed by atoms with van der Waals surface area (Å²) >= 11 is 0.991. The van der Waals surface area contributed by atoms with Crippen LogP contribution in [0.25, 0.3) is 0 Å². The third-order valence-electron chi connectivity index (χ3n) is 2.43. The highest BCUT2D eigenvalue weighted by molar-refractivity contribution is 7.93. The number of sulfone groups is 1. The zero-order valence-corrected chi connectivity index (χ0v) is 12.0. The Morgan fingerprint density at radius 1 is 1.41 bits per heavy atom. The van der Waals surface area contributed by atoms with Crippen molar-refractivity contribution in [2.75, 3.05) is 11.5 Å². The van der Waals surface area contributed by atoms with E-state index in [0.717, 1.165) is 11.3 Å². The second-order valence-electron chi connectivity index (χ2n) is 4.77. The first kappa shape index (κ1) is 14.0. The van der Waals surface area contributed by atoms with Crippen LogP contribution in [0.4, 0.5) is 5.00 Å². The minimum absolute atomic E-state index is 0.0148. The van der Waals surface area contributed by atoms with E-state index in [1.165, 1.54) is 0 Å². The molecular weight excluding hydrogens is 256 g/mol. The molecule has 0 aromatic carbocycles. The number of rotatable bonds is 2. The average Bonchev–Trinajstić information content (AvgIpc) is 2.55. The molecule has 6 heteroatoms. The Bertz CT molecular complexity index is 572. The van der Waals surface area contributed by atoms with E-state index in [0.29, 0.717) is 11.1 Å². The Morgan fingerprint density at radius 2 is 1.94 bits per heavy atom. The Balaban J connectivity index is 3.72. The Morgan fingerprint density at radius 3 is 2.29 bits per heavy atom. The summed E-state index contributed by atoms with van der Waals surface area (Å²) in [6.07, 6.45) is 0. The topological polar surface area (TPSA) is 83.9 Å². The van der Waals surface area contributed by atoms with Gasteiger partial charge in [-0.2, -0.15) is 5.26 Å². The van der Waals surface area contributed by atoms with Crippen LogP contribution >= 0.6 is 11.3 Å². The molecule has 2 N–H and O–H groups in total. The molecule has 0 amide bonds. The number of nitriles is 1. The monoisotopic (exact) mass is 272 g/mol. The van der Waals surface area contributed by atoms with Crippen LogP contribution in [0, 0.1) is 11.3 Å². The van der Waals surface area contributed by atoms with Crippen molar-refractivity contribution in [2.24, 2.45) is 0 Å². The molecule has 4 nitrogen and oxygen atoms in total. The van der Waals surface area contributed by atoms with Crippen LogP contribution in [0.5, 0.6) is 0 Å². The molecule has 0 saturated heterocycles. The van der Waals surface area contributed by atoms with Crippen molar-refractivity contribution in [1.29, 1.82) is 5.26 Å². The highest BCUT2D eigenvalue weighted by Crippen LogP contribution is 2.41. The van der Waals surface area contributed by atoms with Gasteiger partial charge in [0.15, 0.2) is 9.84 Å². The lowest BCUT2D eigenvalue weighted by Gasteiger charge is -2.19. The molecule has 0 radical (unpaired) electrons. The van der Waals surface area contributed by atoms with Gasteiger partial charge in [-0.3, -0.25) is 0 Å². The number of anilines is 1. The number of nitrogens with two attached hydrogens (primary N) is 1. The van der Waals surface area contributed by atoms with Crippen molar-refractivity contribution in [3.63, 3.8) is 0 Å². The number of thiophene rings is 1. The number of nitrogen functional groups attached to an aromatic ring is 1. The first-order chi connectivity index (χ1) is 7.65. The summed E-state index contributed by atoms with van der Waals surface area (Å²) in [7, 11) is -3.34. The quantitative estimate of drug-likeness (QED) is 0.895. The molecule has 1 heterocycles. The standard InChI is InChI=1S/C11H16N2O2S2/c1-5-17(14,15)10-8(11(2,3)4)7(6-12)9(13)16-10/h5,13H2,1-4H3. The van der Waals surface area contributed by atoms with Gasteiger partial charge >= 0.3 is 0 Å². The Labute approximate surface area is 106 Å². The molecule has 0 saturated carbocycles. The summed E-state index contributed by atoms with van der Waals surface area (Å²) in [6, 6.07) is 2.01. The van der Waals surface area contributed by atoms with Gasteiger partial charge in [0.25, 0.3) is 0 Å². The van der Waals surface area contributed by atoms with Crippen molar-refractivity contribution >= 4 is 26.2 Å². The Hall–Kier alpha value is -1.06. The van der Waals surface area contributed by atoms with Crippen molar-refractivity contribution in [2.45, 2.75) is 37.3 Å². The molecular formula is C11H16N2O2S2. The third-order valence-corrected chi connectivity index (χ3v) is 5.78. The summed E-state index contributed by atoms with van der Waals surface area (Å²) < 4.78 is 24.2. The number of nitrogens with zero attached hydrogens (tertiary/aromatic N) is 1. The van der Waals surface area contributed by atoms with Crippen LogP contribution in [-0.4, -0.2) is 14.2 Å². The zero-order valence-electron chi connectivity index (χ0n) is 10.4. The molecule has 0 atom stereocenters. The van der Waals surface area contributed by atoms with Crippen LogP contribution in [0.1, 0.15) is 38.8 Å². The van der Waals surface area contributed by atoms with E-state index in [4.69, 9.17) is 11.0 Å². The highest BCUT2D eigenvalue weighted by atomic mass is 32.2. The maximum Gasteiger partial charge on any atom is 0.187 e. The van der Waals surface area contributed by atoms with Crippen LogP contribution in [-0.2, 0) is 15.3 Å². The fourth-order valence-electron chi connectivity index (χ4n) is 1.57. The largest absolute Gasteiger partial charge is 0.389 e. The van der Waals surface area contributed by atoms with E-state index in [1.54, 1.807) is 6.92 Å². The van der Waals surface area contributed by atoms with Gasteiger partial charge in [0.05, 0.1) is 11.3 Å². The summed E-state index contributed by atoms with van der Waals surface area (Å²) in [5.41, 5.74) is 6.16. The second-order valence-corrected chi connectivity index (χ2v) is 8.29. The maximum atomic E-state index is 12.0. The minimum atomic E-state index is -3.34. The van der Waals surface area contributed by atoms with E-state index >= 15 is 0 Å². The van der Waals surface area contributed by atoms with E-state index < -0.39 is 15.3 Å². The molecule has 1 aromatic heterocycles. The summed E-state index contributed by atoms with van der Waals surface area (Å²) in [6.45, 7) is 7.22. The van der Waals surface area contributed by atoms with Gasteiger partial charge in [-0.25, -0.2) is 8.42 Å². The predicted octanol–water partition coefficient (Wildman–Crippen LogP) is 2.29. The van der Waals surface area contributed by atoms with Crippen LogP contribution in [0.15, 0.2) is 4.21 Å². The van der Waals surface area contributed by atoms with E-state index in [1.807, 2.05) is 26.8 Å². The minimum Gasteiger partial charge on any atom is -0.389 e. The van der Waals surface area contributed by atoms with Crippen molar-refractivity contribution in [1.82, 2.24) is 0 Å². The first-order valence-electron chi connectivity index (χ1n) is 5.20. The summed E-state index contributed by atoms with van der Waals surface area (Å²) in [5.74, 6) is 0.0148. The molecule has 0 spiro atoms. The third kappa shape index (κ3) is 2.45. The normalized spacial score (nSPS) is 12.4. The van der Waals surface area contributed by atoms with Gasteiger partial charge in [0.1, 0.15) is 15.3 Å². The molecule has 0 unspecified atom stereocenters. The van der Waals surface area contributed by atoms with Crippen LogP contribution < -0.4 is 5.73 Å². The first-order valence-corrected chi connectivity index (χ1v) is 7.67. The SMILES string of the molecule is CCS(=O)(=O)c1sc(N)c(C#N)c1C(C)(C)C. The lowest BCUT2D eigenvalue weighted by atomic mass is 9.86. The predicted molar refractivity (Wildman–Crippen MR) is 69.9 cm³/mol. The van der Waals surface area contributed by atoms with Gasteiger partial charge in [-0.15, -0.1) is 11.3 Å². The van der Waals surface area contributed by atoms with Crippen LogP contribution in [0.3, 0.4) is 0 Å². The summed E-state index contributed by atoms with van der Waals surface area (Å²) in [5, 5.41) is 9.38. The average molecular weight is 272 g/mol. The van der Waals surface area contributed by atoms with E-state index in [9.17, 15) is 8.42 Å². The van der Waals surface area contributed by atoms with Crippen LogP contribution in [0.2, 0.25) is 0 Å². The van der Waals surface area contributed by atoms with Gasteiger partial charge in [-0.05, 0) is 5.41 Å². The summed E-state index contributed by atoms with van der Waals surface area (Å²) in [4.78, 5) is 0. The van der Waals surface area contributed by atoms with E-state index in [-0.39, 0.29) is 15.0 Å². The Kier molecular flexibility index (Phi) is 3.55. The van der Waals surface area contributed by atoms with E-state index in [2.05, 4.69) is 0 Å². The maximum absolute atomic E-state index is 12.0. The molecule has 94 valence electrons. The fraction of sp³-hybridized carbons (Fsp3) is 0.545. The molecule has 1 rings (SSSR count). The molecule has 0 aliphatic rings. The fourth-order valence-corrected chi connectivity index (χ4v) is 4.64.